The summed E-state index contributed by atoms with van der Waals surface area (Å²) < 4.78 is 62.2. The van der Waals surface area contributed by atoms with Crippen LogP contribution >= 0.6 is 0 Å². The number of hydrogen-bond acceptors (Lipinski definition) is 3. The van der Waals surface area contributed by atoms with E-state index in [9.17, 15) is 0 Å². The Bertz CT molecular complexity index is 10100. The number of para-hydroxylation sites is 2. The fourth-order valence-corrected chi connectivity index (χ4v) is 23.1. The van der Waals surface area contributed by atoms with Gasteiger partial charge in [0.05, 0.1) is 6.85 Å². The quantitative estimate of drug-likeness (QED) is 0.107. The van der Waals surface area contributed by atoms with Gasteiger partial charge in [-0.2, -0.15) is 0 Å². The van der Waals surface area contributed by atoms with E-state index in [1.165, 1.54) is 153 Å². The molecule has 0 bridgehead atoms. The van der Waals surface area contributed by atoms with Gasteiger partial charge >= 0.3 is 0 Å². The standard InChI is InChI=1S/2C48H28O.C38H24O/c1-2-11-29(12-3-1)33-27-28-41(47-40-19-8-9-20-42(40)49-48(33)47)46-36-17-6-4-15-34(36)45(35-16-5-7-18-37(35)46)39-26-24-32-22-21-30-13-10-14-31-23-25-38(39)44(32)43(30)31;1-2-13-29(14-3-1)30-25-28-42(47-41-21-10-11-24-43(41)49-48(30)47)46-36-19-8-6-17-34(36)45(35-18-7-9-20-37(35)46)40-27-26-39-32-16-5-4-15-31(32)33-22-12-23-38(40)44(33)39;1-3-12-25(13-4-1)28-20-11-21-35-38(28)33-24-27(22-23-34(33)39-35)37-31-18-9-7-16-29(31)36(26-14-5-2-6-15-26)30-17-8-10-19-32(30)37/h2*1-28H;1-24H/i;;2D,5D,6D,14D,15D. The minimum Gasteiger partial charge on any atom is -0.456 e. The minimum atomic E-state index is -0.399. The van der Waals surface area contributed by atoms with Crippen LogP contribution in [0.5, 0.6) is 0 Å². The van der Waals surface area contributed by atoms with Crippen LogP contribution in [0.15, 0.2) is 498 Å². The van der Waals surface area contributed by atoms with Crippen molar-refractivity contribution in [2.45, 2.75) is 0 Å². The molecule has 3 heteroatoms. The molecular formula is C134H80O3. The highest BCUT2D eigenvalue weighted by molar-refractivity contribution is 6.34. The zero-order chi connectivity index (χ0) is 94.2. The summed E-state index contributed by atoms with van der Waals surface area (Å²) in [5.41, 5.74) is 30.1. The van der Waals surface area contributed by atoms with Crippen LogP contribution in [0.25, 0.3) is 296 Å². The zero-order valence-electron chi connectivity index (χ0n) is 79.0. The second-order valence-corrected chi connectivity index (χ2v) is 35.9. The average molecular weight is 1740 g/mol. The van der Waals surface area contributed by atoms with Gasteiger partial charge in [-0.25, -0.2) is 0 Å². The van der Waals surface area contributed by atoms with Gasteiger partial charge in [-0.05, 0) is 261 Å². The van der Waals surface area contributed by atoms with Gasteiger partial charge in [-0.15, -0.1) is 0 Å². The highest BCUT2D eigenvalue weighted by atomic mass is 16.3. The molecule has 137 heavy (non-hydrogen) atoms. The molecule has 3 heterocycles. The van der Waals surface area contributed by atoms with Crippen LogP contribution in [0.3, 0.4) is 0 Å². The lowest BCUT2D eigenvalue weighted by Crippen LogP contribution is -1.93. The SMILES string of the molecule is [2H]c1c([2H])c([2H])c(-c2c3ccccc3c(-c3ccc4oc5cccc(-c6ccccc6)c5c4c3)c3ccccc23)c([2H])c1[2H].c1ccc(-c2ccc(-c3c4ccccc4c(-c4ccc5c6c(cccc46)-c4ccccc4-5)c4ccccc34)c3c2oc2ccccc23)cc1.c1ccc(-c2ccc(-c3c4ccccc4c(-c4ccc5ccc6cccc7ccc4c5c67)c4ccccc34)c3c2oc2ccccc23)cc1. The molecule has 0 saturated heterocycles. The van der Waals surface area contributed by atoms with Crippen molar-refractivity contribution in [3.8, 4) is 122 Å². The number of fused-ring (bicyclic) bond motifs is 18. The third-order valence-electron chi connectivity index (χ3n) is 28.8. The van der Waals surface area contributed by atoms with E-state index in [1.807, 2.05) is 84.9 Å². The summed E-state index contributed by atoms with van der Waals surface area (Å²) in [6, 6.07) is 161. The Morgan fingerprint density at radius 2 is 0.453 bits per heavy atom. The molecule has 0 saturated carbocycles. The number of benzene rings is 26. The average Bonchev–Trinajstić information content (AvgIpc) is 1.10. The molecule has 0 aliphatic heterocycles. The van der Waals surface area contributed by atoms with Crippen molar-refractivity contribution in [2.24, 2.45) is 0 Å². The normalized spacial score (nSPS) is 12.5. The Morgan fingerprint density at radius 1 is 0.139 bits per heavy atom. The fourth-order valence-electron chi connectivity index (χ4n) is 23.1. The van der Waals surface area contributed by atoms with Gasteiger partial charge in [0.25, 0.3) is 0 Å². The number of rotatable bonds is 9. The van der Waals surface area contributed by atoms with Crippen molar-refractivity contribution >= 4 is 174 Å². The van der Waals surface area contributed by atoms with Crippen LogP contribution in [0.1, 0.15) is 6.85 Å². The molecule has 0 unspecified atom stereocenters. The Balaban J connectivity index is 0.000000104. The van der Waals surface area contributed by atoms with Crippen molar-refractivity contribution in [3.05, 3.63) is 485 Å². The molecule has 0 N–H and O–H groups in total. The van der Waals surface area contributed by atoms with Gasteiger partial charge in [-0.1, -0.05) is 443 Å². The van der Waals surface area contributed by atoms with Crippen LogP contribution < -0.4 is 0 Å². The summed E-state index contributed by atoms with van der Waals surface area (Å²) in [7, 11) is 0. The van der Waals surface area contributed by atoms with Gasteiger partial charge in [0.15, 0.2) is 0 Å². The van der Waals surface area contributed by atoms with E-state index in [2.05, 4.69) is 370 Å². The lowest BCUT2D eigenvalue weighted by atomic mass is 9.82. The van der Waals surface area contributed by atoms with E-state index >= 15 is 0 Å². The zero-order valence-corrected chi connectivity index (χ0v) is 74.0. The molecule has 3 aromatic heterocycles. The summed E-state index contributed by atoms with van der Waals surface area (Å²) in [6.07, 6.45) is 0. The van der Waals surface area contributed by atoms with Crippen LogP contribution in [0.4, 0.5) is 0 Å². The van der Waals surface area contributed by atoms with Crippen molar-refractivity contribution < 1.29 is 20.1 Å². The molecule has 0 amide bonds. The van der Waals surface area contributed by atoms with Gasteiger partial charge < -0.3 is 13.3 Å². The Labute approximate surface area is 795 Å². The first-order valence-corrected chi connectivity index (χ1v) is 46.8. The van der Waals surface area contributed by atoms with Crippen LogP contribution in [0, 0.1) is 0 Å². The van der Waals surface area contributed by atoms with Crippen molar-refractivity contribution in [1.29, 1.82) is 0 Å². The van der Waals surface area contributed by atoms with Crippen LogP contribution in [-0.2, 0) is 0 Å². The molecule has 0 spiro atoms. The molecular weight excluding hydrogens is 1660 g/mol. The van der Waals surface area contributed by atoms with E-state index in [4.69, 9.17) is 20.1 Å². The first-order chi connectivity index (χ1) is 70.1. The Hall–Kier alpha value is -18.0. The second-order valence-electron chi connectivity index (χ2n) is 35.9. The molecule has 30 rings (SSSR count). The van der Waals surface area contributed by atoms with E-state index in [0.29, 0.717) is 5.56 Å². The fraction of sp³-hybridized carbons (Fsp3) is 0. The van der Waals surface area contributed by atoms with Crippen molar-refractivity contribution in [1.82, 2.24) is 0 Å². The monoisotopic (exact) mass is 1740 g/mol. The molecule has 0 fully saturated rings. The topological polar surface area (TPSA) is 39.4 Å². The number of furan rings is 3. The Morgan fingerprint density at radius 3 is 0.942 bits per heavy atom. The third-order valence-corrected chi connectivity index (χ3v) is 28.8. The van der Waals surface area contributed by atoms with E-state index in [-0.39, 0.29) is 29.7 Å². The highest BCUT2D eigenvalue weighted by Crippen LogP contribution is 2.57. The molecule has 1 aliphatic carbocycles. The van der Waals surface area contributed by atoms with Gasteiger partial charge in [-0.3, -0.25) is 0 Å². The van der Waals surface area contributed by atoms with Gasteiger partial charge in [0.2, 0.25) is 0 Å². The third kappa shape index (κ3) is 12.1. The lowest BCUT2D eigenvalue weighted by molar-refractivity contribution is 0.669. The summed E-state index contributed by atoms with van der Waals surface area (Å²) in [6.45, 7) is 0. The van der Waals surface area contributed by atoms with Gasteiger partial charge in [0.1, 0.15) is 33.5 Å². The maximum Gasteiger partial charge on any atom is 0.143 e. The predicted molar refractivity (Wildman–Crippen MR) is 581 cm³/mol. The van der Waals surface area contributed by atoms with Crippen molar-refractivity contribution in [3.63, 3.8) is 0 Å². The summed E-state index contributed by atoms with van der Waals surface area (Å²) in [4.78, 5) is 0. The first-order valence-electron chi connectivity index (χ1n) is 49.3. The van der Waals surface area contributed by atoms with E-state index in [1.54, 1.807) is 0 Å². The van der Waals surface area contributed by atoms with Crippen LogP contribution in [0.2, 0.25) is 0 Å². The van der Waals surface area contributed by atoms with Crippen molar-refractivity contribution in [2.75, 3.05) is 0 Å². The van der Waals surface area contributed by atoms with Gasteiger partial charge in [0, 0.05) is 43.4 Å². The Kier molecular flexibility index (Phi) is 16.6. The molecule has 3 nitrogen and oxygen atoms in total. The van der Waals surface area contributed by atoms with E-state index in [0.717, 1.165) is 132 Å². The maximum absolute atomic E-state index is 8.80. The summed E-state index contributed by atoms with van der Waals surface area (Å²) >= 11 is 0. The molecule has 1 aliphatic rings. The molecule has 0 radical (unpaired) electrons. The number of hydrogen-bond donors (Lipinski definition) is 0. The largest absolute Gasteiger partial charge is 0.456 e. The molecule has 29 aromatic rings. The first kappa shape index (κ1) is 72.7. The minimum absolute atomic E-state index is 0.207. The highest BCUT2D eigenvalue weighted by Gasteiger charge is 2.30. The lowest BCUT2D eigenvalue weighted by Gasteiger charge is -2.20. The molecule has 0 atom stereocenters. The summed E-state index contributed by atoms with van der Waals surface area (Å²) in [5, 5.41) is 30.6. The predicted octanol–water partition coefficient (Wildman–Crippen LogP) is 38.4. The maximum atomic E-state index is 8.80. The smallest absolute Gasteiger partial charge is 0.143 e. The van der Waals surface area contributed by atoms with Crippen LogP contribution in [-0.4, -0.2) is 0 Å². The van der Waals surface area contributed by atoms with E-state index < -0.39 is 6.04 Å². The molecule has 634 valence electrons. The second kappa shape index (κ2) is 31.3. The summed E-state index contributed by atoms with van der Waals surface area (Å²) in [5.74, 6) is 0. The molecule has 26 aromatic carbocycles.